The van der Waals surface area contributed by atoms with Crippen LogP contribution in [0.4, 0.5) is 10.5 Å². The first-order valence-corrected chi connectivity index (χ1v) is 8.53. The van der Waals surface area contributed by atoms with E-state index in [9.17, 15) is 14.4 Å². The Morgan fingerprint density at radius 2 is 2.00 bits per heavy atom. The molecule has 140 valence electrons. The summed E-state index contributed by atoms with van der Waals surface area (Å²) in [4.78, 5) is 41.9. The summed E-state index contributed by atoms with van der Waals surface area (Å²) in [7, 11) is 1.54. The SMILES string of the molecule is COc1ccc(N2C(=O)N[C@@H](CCC(=O)NCc3ccccn3)C2=O)cc1. The summed E-state index contributed by atoms with van der Waals surface area (Å²) in [5, 5.41) is 5.38. The van der Waals surface area contributed by atoms with Crippen molar-refractivity contribution in [1.82, 2.24) is 15.6 Å². The third-order valence-corrected chi connectivity index (χ3v) is 4.20. The highest BCUT2D eigenvalue weighted by atomic mass is 16.5. The van der Waals surface area contributed by atoms with Crippen LogP contribution in [-0.4, -0.2) is 36.0 Å². The van der Waals surface area contributed by atoms with Gasteiger partial charge in [-0.15, -0.1) is 0 Å². The van der Waals surface area contributed by atoms with Crippen LogP contribution in [0.3, 0.4) is 0 Å². The number of carbonyl (C=O) groups is 3. The van der Waals surface area contributed by atoms with Gasteiger partial charge in [-0.2, -0.15) is 0 Å². The van der Waals surface area contributed by atoms with E-state index in [1.807, 2.05) is 12.1 Å². The van der Waals surface area contributed by atoms with Crippen molar-refractivity contribution in [3.63, 3.8) is 0 Å². The highest BCUT2D eigenvalue weighted by Crippen LogP contribution is 2.23. The van der Waals surface area contributed by atoms with E-state index in [0.717, 1.165) is 10.6 Å². The van der Waals surface area contributed by atoms with Crippen LogP contribution < -0.4 is 20.3 Å². The summed E-state index contributed by atoms with van der Waals surface area (Å²) in [5.41, 5.74) is 1.21. The number of urea groups is 1. The van der Waals surface area contributed by atoms with Gasteiger partial charge in [-0.1, -0.05) is 6.07 Å². The lowest BCUT2D eigenvalue weighted by atomic mass is 10.1. The molecule has 0 bridgehead atoms. The number of hydrogen-bond acceptors (Lipinski definition) is 5. The minimum absolute atomic E-state index is 0.125. The van der Waals surface area contributed by atoms with E-state index in [0.29, 0.717) is 18.0 Å². The first kappa shape index (κ1) is 18.4. The normalized spacial score (nSPS) is 16.2. The van der Waals surface area contributed by atoms with E-state index in [1.165, 1.54) is 7.11 Å². The molecule has 1 aliphatic rings. The van der Waals surface area contributed by atoms with Gasteiger partial charge in [-0.05, 0) is 42.8 Å². The zero-order valence-corrected chi connectivity index (χ0v) is 14.8. The van der Waals surface area contributed by atoms with Gasteiger partial charge in [-0.3, -0.25) is 14.6 Å². The summed E-state index contributed by atoms with van der Waals surface area (Å²) in [6.07, 6.45) is 2.01. The number of hydrogen-bond donors (Lipinski definition) is 2. The summed E-state index contributed by atoms with van der Waals surface area (Å²) in [6, 6.07) is 10.9. The Kier molecular flexibility index (Phi) is 5.65. The van der Waals surface area contributed by atoms with Crippen molar-refractivity contribution in [3.05, 3.63) is 54.4 Å². The van der Waals surface area contributed by atoms with Crippen LogP contribution in [0, 0.1) is 0 Å². The van der Waals surface area contributed by atoms with Crippen LogP contribution in [0.25, 0.3) is 0 Å². The average molecular weight is 368 g/mol. The van der Waals surface area contributed by atoms with E-state index in [1.54, 1.807) is 36.5 Å². The third-order valence-electron chi connectivity index (χ3n) is 4.20. The molecule has 1 fully saturated rings. The van der Waals surface area contributed by atoms with Gasteiger partial charge < -0.3 is 15.4 Å². The molecule has 3 rings (SSSR count). The number of aromatic nitrogens is 1. The van der Waals surface area contributed by atoms with Crippen molar-refractivity contribution in [2.75, 3.05) is 12.0 Å². The molecule has 4 amide bonds. The number of nitrogens with zero attached hydrogens (tertiary/aromatic N) is 2. The molecular weight excluding hydrogens is 348 g/mol. The largest absolute Gasteiger partial charge is 0.497 e. The lowest BCUT2D eigenvalue weighted by Crippen LogP contribution is -2.32. The van der Waals surface area contributed by atoms with Gasteiger partial charge in [0.1, 0.15) is 11.8 Å². The number of methoxy groups -OCH3 is 1. The molecule has 1 saturated heterocycles. The maximum atomic E-state index is 12.5. The zero-order chi connectivity index (χ0) is 19.2. The smallest absolute Gasteiger partial charge is 0.329 e. The van der Waals surface area contributed by atoms with E-state index in [4.69, 9.17) is 4.74 Å². The summed E-state index contributed by atoms with van der Waals surface area (Å²) >= 11 is 0. The van der Waals surface area contributed by atoms with Gasteiger partial charge in [0.05, 0.1) is 25.0 Å². The second-order valence-electron chi connectivity index (χ2n) is 6.01. The number of imide groups is 1. The highest BCUT2D eigenvalue weighted by Gasteiger charge is 2.38. The molecule has 1 aromatic heterocycles. The number of anilines is 1. The van der Waals surface area contributed by atoms with Crippen molar-refractivity contribution < 1.29 is 19.1 Å². The van der Waals surface area contributed by atoms with Crippen molar-refractivity contribution in [2.24, 2.45) is 0 Å². The fourth-order valence-corrected chi connectivity index (χ4v) is 2.76. The van der Waals surface area contributed by atoms with Crippen LogP contribution in [0.2, 0.25) is 0 Å². The molecule has 2 heterocycles. The molecule has 0 radical (unpaired) electrons. The van der Waals surface area contributed by atoms with Gasteiger partial charge in [0.15, 0.2) is 0 Å². The number of carbonyl (C=O) groups excluding carboxylic acids is 3. The van der Waals surface area contributed by atoms with Crippen LogP contribution in [0.15, 0.2) is 48.7 Å². The fourth-order valence-electron chi connectivity index (χ4n) is 2.76. The average Bonchev–Trinajstić information content (AvgIpc) is 2.99. The van der Waals surface area contributed by atoms with Crippen LogP contribution in [-0.2, 0) is 16.1 Å². The molecule has 0 saturated carbocycles. The van der Waals surface area contributed by atoms with Gasteiger partial charge in [0.2, 0.25) is 5.91 Å². The van der Waals surface area contributed by atoms with Crippen molar-refractivity contribution in [1.29, 1.82) is 0 Å². The summed E-state index contributed by atoms with van der Waals surface area (Å²) < 4.78 is 5.07. The lowest BCUT2D eigenvalue weighted by Gasteiger charge is -2.13. The monoisotopic (exact) mass is 368 g/mol. The Morgan fingerprint density at radius 1 is 1.22 bits per heavy atom. The molecular formula is C19H20N4O4. The molecule has 2 aromatic rings. The first-order valence-electron chi connectivity index (χ1n) is 8.53. The van der Waals surface area contributed by atoms with Gasteiger partial charge in [0.25, 0.3) is 5.91 Å². The molecule has 0 aliphatic carbocycles. The van der Waals surface area contributed by atoms with Gasteiger partial charge in [-0.25, -0.2) is 9.69 Å². The highest BCUT2D eigenvalue weighted by molar-refractivity contribution is 6.21. The Morgan fingerprint density at radius 3 is 2.67 bits per heavy atom. The van der Waals surface area contributed by atoms with Crippen LogP contribution in [0.1, 0.15) is 18.5 Å². The summed E-state index contributed by atoms with van der Waals surface area (Å²) in [6.45, 7) is 0.322. The second-order valence-corrected chi connectivity index (χ2v) is 6.01. The topological polar surface area (TPSA) is 101 Å². The molecule has 2 N–H and O–H groups in total. The molecule has 27 heavy (non-hydrogen) atoms. The van der Waals surface area contributed by atoms with Crippen molar-refractivity contribution >= 4 is 23.5 Å². The Hall–Kier alpha value is -3.42. The maximum Gasteiger partial charge on any atom is 0.329 e. The second kappa shape index (κ2) is 8.31. The number of amides is 4. The number of benzene rings is 1. The van der Waals surface area contributed by atoms with Crippen molar-refractivity contribution in [3.8, 4) is 5.75 Å². The standard InChI is InChI=1S/C19H20N4O4/c1-27-15-7-5-14(6-8-15)23-18(25)16(22-19(23)26)9-10-17(24)21-12-13-4-2-3-11-20-13/h2-8,11,16H,9-10,12H2,1H3,(H,21,24)(H,22,26)/t16-/m0/s1. The molecule has 1 aliphatic heterocycles. The minimum Gasteiger partial charge on any atom is -0.497 e. The number of rotatable bonds is 7. The quantitative estimate of drug-likeness (QED) is 0.723. The number of ether oxygens (including phenoxy) is 1. The third kappa shape index (κ3) is 4.41. The van der Waals surface area contributed by atoms with E-state index in [-0.39, 0.29) is 24.7 Å². The van der Waals surface area contributed by atoms with E-state index >= 15 is 0 Å². The molecule has 0 spiro atoms. The maximum absolute atomic E-state index is 12.5. The first-order chi connectivity index (χ1) is 13.1. The predicted molar refractivity (Wildman–Crippen MR) is 98.1 cm³/mol. The van der Waals surface area contributed by atoms with Crippen LogP contribution in [0.5, 0.6) is 5.75 Å². The Balaban J connectivity index is 1.52. The molecule has 8 nitrogen and oxygen atoms in total. The van der Waals surface area contributed by atoms with Crippen molar-refractivity contribution in [2.45, 2.75) is 25.4 Å². The van der Waals surface area contributed by atoms with E-state index < -0.39 is 12.1 Å². The minimum atomic E-state index is -0.722. The summed E-state index contributed by atoms with van der Waals surface area (Å²) in [5.74, 6) is 0.0558. The van der Waals surface area contributed by atoms with Gasteiger partial charge in [0, 0.05) is 12.6 Å². The molecule has 1 atom stereocenters. The van der Waals surface area contributed by atoms with E-state index in [2.05, 4.69) is 15.6 Å². The number of nitrogens with one attached hydrogen (secondary N) is 2. The Bertz CT molecular complexity index is 823. The molecule has 1 aromatic carbocycles. The Labute approximate surface area is 156 Å². The lowest BCUT2D eigenvalue weighted by molar-refractivity contribution is -0.122. The number of pyridine rings is 1. The predicted octanol–water partition coefficient (Wildman–Crippen LogP) is 1.61. The fraction of sp³-hybridized carbons (Fsp3) is 0.263. The van der Waals surface area contributed by atoms with Crippen LogP contribution >= 0.6 is 0 Å². The molecule has 8 heteroatoms. The molecule has 0 unspecified atom stereocenters. The zero-order valence-electron chi connectivity index (χ0n) is 14.8. The van der Waals surface area contributed by atoms with Gasteiger partial charge >= 0.3 is 6.03 Å².